The van der Waals surface area contributed by atoms with Crippen LogP contribution in [0, 0.1) is 6.92 Å². The smallest absolute Gasteiger partial charge is 0.294 e. The lowest BCUT2D eigenvalue weighted by molar-refractivity contribution is -0.127. The molecule has 27 heavy (non-hydrogen) atoms. The molecule has 1 fully saturated rings. The molecular formula is C18H15ClN2O4S2. The summed E-state index contributed by atoms with van der Waals surface area (Å²) in [6.45, 7) is 1.56. The van der Waals surface area contributed by atoms with Crippen molar-refractivity contribution in [3.8, 4) is 5.75 Å². The van der Waals surface area contributed by atoms with Crippen LogP contribution in [0.3, 0.4) is 0 Å². The first-order valence-electron chi connectivity index (χ1n) is 7.82. The number of ether oxygens (including phenoxy) is 1. The van der Waals surface area contributed by atoms with E-state index in [1.54, 1.807) is 18.2 Å². The molecule has 1 aromatic carbocycles. The molecule has 1 aromatic heterocycles. The first kappa shape index (κ1) is 19.5. The lowest BCUT2D eigenvalue weighted by Gasteiger charge is -2.13. The highest BCUT2D eigenvalue weighted by atomic mass is 35.5. The van der Waals surface area contributed by atoms with Crippen LogP contribution in [-0.2, 0) is 9.59 Å². The van der Waals surface area contributed by atoms with Gasteiger partial charge in [-0.3, -0.25) is 19.3 Å². The Labute approximate surface area is 169 Å². The number of nitrogens with zero attached hydrogens (tertiary/aromatic N) is 1. The van der Waals surface area contributed by atoms with E-state index >= 15 is 0 Å². The maximum atomic E-state index is 12.5. The largest absolute Gasteiger partial charge is 0.495 e. The summed E-state index contributed by atoms with van der Waals surface area (Å²) in [4.78, 5) is 39.0. The van der Waals surface area contributed by atoms with Gasteiger partial charge >= 0.3 is 0 Å². The van der Waals surface area contributed by atoms with Crippen LogP contribution >= 0.6 is 34.7 Å². The summed E-state index contributed by atoms with van der Waals surface area (Å²) in [5, 5.41) is 4.41. The Morgan fingerprint density at radius 1 is 1.33 bits per heavy atom. The van der Waals surface area contributed by atoms with Crippen LogP contribution in [-0.4, -0.2) is 35.6 Å². The van der Waals surface area contributed by atoms with Crippen molar-refractivity contribution < 1.29 is 19.1 Å². The highest BCUT2D eigenvalue weighted by molar-refractivity contribution is 8.18. The van der Waals surface area contributed by atoms with Crippen molar-refractivity contribution in [1.29, 1.82) is 0 Å². The number of rotatable bonds is 5. The van der Waals surface area contributed by atoms with Crippen molar-refractivity contribution in [2.24, 2.45) is 0 Å². The number of thioether (sulfide) groups is 1. The van der Waals surface area contributed by atoms with E-state index in [2.05, 4.69) is 5.32 Å². The highest BCUT2D eigenvalue weighted by Gasteiger charge is 2.36. The van der Waals surface area contributed by atoms with Gasteiger partial charge in [-0.15, -0.1) is 11.3 Å². The number of hydrogen-bond donors (Lipinski definition) is 1. The summed E-state index contributed by atoms with van der Waals surface area (Å²) in [5.41, 5.74) is 1.48. The number of benzene rings is 1. The molecule has 0 radical (unpaired) electrons. The van der Waals surface area contributed by atoms with Crippen LogP contribution in [0.15, 0.2) is 34.6 Å². The molecule has 1 aliphatic heterocycles. The van der Waals surface area contributed by atoms with E-state index in [1.165, 1.54) is 24.5 Å². The number of thiophene rings is 1. The van der Waals surface area contributed by atoms with Crippen LogP contribution in [0.5, 0.6) is 5.75 Å². The topological polar surface area (TPSA) is 75.7 Å². The minimum Gasteiger partial charge on any atom is -0.495 e. The summed E-state index contributed by atoms with van der Waals surface area (Å²) < 4.78 is 5.05. The molecule has 3 amide bonds. The normalized spacial score (nSPS) is 15.5. The molecule has 2 aromatic rings. The Bertz CT molecular complexity index is 955. The van der Waals surface area contributed by atoms with Gasteiger partial charge in [0, 0.05) is 10.6 Å². The Morgan fingerprint density at radius 3 is 2.74 bits per heavy atom. The van der Waals surface area contributed by atoms with Gasteiger partial charge in [-0.05, 0) is 60.0 Å². The van der Waals surface area contributed by atoms with E-state index in [0.29, 0.717) is 21.4 Å². The van der Waals surface area contributed by atoms with Gasteiger partial charge in [0.05, 0.1) is 17.0 Å². The van der Waals surface area contributed by atoms with Crippen molar-refractivity contribution >= 4 is 63.5 Å². The Kier molecular flexibility index (Phi) is 5.88. The van der Waals surface area contributed by atoms with Gasteiger partial charge in [0.25, 0.3) is 11.1 Å². The van der Waals surface area contributed by atoms with E-state index < -0.39 is 17.1 Å². The zero-order valence-electron chi connectivity index (χ0n) is 14.4. The summed E-state index contributed by atoms with van der Waals surface area (Å²) in [6.07, 6.45) is 1.69. The molecular weight excluding hydrogens is 408 g/mol. The second kappa shape index (κ2) is 8.16. The van der Waals surface area contributed by atoms with Crippen LogP contribution in [0.4, 0.5) is 10.5 Å². The monoisotopic (exact) mass is 422 g/mol. The number of aryl methyl sites for hydroxylation is 1. The quantitative estimate of drug-likeness (QED) is 0.723. The second-order valence-corrected chi connectivity index (χ2v) is 7.98. The van der Waals surface area contributed by atoms with E-state index in [0.717, 1.165) is 27.1 Å². The molecule has 0 atom stereocenters. The molecule has 1 aliphatic rings. The number of imide groups is 1. The van der Waals surface area contributed by atoms with Gasteiger partial charge < -0.3 is 10.1 Å². The van der Waals surface area contributed by atoms with Gasteiger partial charge in [0.1, 0.15) is 12.3 Å². The molecule has 140 valence electrons. The minimum absolute atomic E-state index is 0.311. The molecule has 6 nitrogen and oxygen atoms in total. The van der Waals surface area contributed by atoms with Crippen LogP contribution in [0.1, 0.15) is 10.4 Å². The predicted octanol–water partition coefficient (Wildman–Crippen LogP) is 4.39. The van der Waals surface area contributed by atoms with Gasteiger partial charge in [-0.25, -0.2) is 0 Å². The van der Waals surface area contributed by atoms with Gasteiger partial charge in [-0.2, -0.15) is 0 Å². The SMILES string of the molecule is COc1ccc(NC(=O)CN2C(=O)SC(=Cc3sccc3C)C2=O)cc1Cl. The fourth-order valence-electron chi connectivity index (χ4n) is 2.38. The van der Waals surface area contributed by atoms with Crippen molar-refractivity contribution in [1.82, 2.24) is 4.90 Å². The van der Waals surface area contributed by atoms with Crippen molar-refractivity contribution in [3.63, 3.8) is 0 Å². The average Bonchev–Trinajstić information content (AvgIpc) is 3.13. The summed E-state index contributed by atoms with van der Waals surface area (Å²) in [5.74, 6) is -0.484. The third-order valence-electron chi connectivity index (χ3n) is 3.77. The van der Waals surface area contributed by atoms with Crippen LogP contribution in [0.25, 0.3) is 6.08 Å². The van der Waals surface area contributed by atoms with Crippen LogP contribution in [0.2, 0.25) is 5.02 Å². The van der Waals surface area contributed by atoms with Crippen molar-refractivity contribution in [3.05, 3.63) is 50.0 Å². The highest BCUT2D eigenvalue weighted by Crippen LogP contribution is 2.34. The zero-order valence-corrected chi connectivity index (χ0v) is 16.8. The van der Waals surface area contributed by atoms with Gasteiger partial charge in [0.15, 0.2) is 0 Å². The standard InChI is InChI=1S/C18H15ClN2O4S2/c1-10-5-6-26-14(10)8-15-17(23)21(18(24)27-15)9-16(22)20-11-3-4-13(25-2)12(19)7-11/h3-8H,9H2,1-2H3,(H,20,22). The van der Waals surface area contributed by atoms with E-state index in [4.69, 9.17) is 16.3 Å². The third kappa shape index (κ3) is 4.35. The predicted molar refractivity (Wildman–Crippen MR) is 108 cm³/mol. The number of amides is 3. The Hall–Kier alpha value is -2.29. The number of methoxy groups -OCH3 is 1. The maximum Gasteiger partial charge on any atom is 0.294 e. The molecule has 2 heterocycles. The fraction of sp³-hybridized carbons (Fsp3) is 0.167. The molecule has 0 bridgehead atoms. The number of halogens is 1. The fourth-order valence-corrected chi connectivity index (χ4v) is 4.39. The molecule has 0 spiro atoms. The third-order valence-corrected chi connectivity index (χ3v) is 5.94. The molecule has 3 rings (SSSR count). The Morgan fingerprint density at radius 2 is 2.11 bits per heavy atom. The number of carbonyl (C=O) groups excluding carboxylic acids is 3. The first-order chi connectivity index (χ1) is 12.9. The molecule has 1 N–H and O–H groups in total. The number of carbonyl (C=O) groups is 3. The summed E-state index contributed by atoms with van der Waals surface area (Å²) >= 11 is 8.34. The molecule has 1 saturated heterocycles. The minimum atomic E-state index is -0.493. The number of anilines is 1. The molecule has 0 aliphatic carbocycles. The molecule has 9 heteroatoms. The van der Waals surface area contributed by atoms with E-state index in [1.807, 2.05) is 18.4 Å². The van der Waals surface area contributed by atoms with Crippen LogP contribution < -0.4 is 10.1 Å². The lowest BCUT2D eigenvalue weighted by atomic mass is 10.2. The van der Waals surface area contributed by atoms with E-state index in [9.17, 15) is 14.4 Å². The summed E-state index contributed by atoms with van der Waals surface area (Å²) in [6, 6.07) is 6.71. The van der Waals surface area contributed by atoms with Crippen molar-refractivity contribution in [2.75, 3.05) is 19.0 Å². The average molecular weight is 423 g/mol. The van der Waals surface area contributed by atoms with E-state index in [-0.39, 0.29) is 6.54 Å². The Balaban J connectivity index is 1.68. The lowest BCUT2D eigenvalue weighted by Crippen LogP contribution is -2.36. The number of nitrogens with one attached hydrogen (secondary N) is 1. The first-order valence-corrected chi connectivity index (χ1v) is 9.89. The van der Waals surface area contributed by atoms with Gasteiger partial charge in [0.2, 0.25) is 5.91 Å². The summed E-state index contributed by atoms with van der Waals surface area (Å²) in [7, 11) is 1.49. The van der Waals surface area contributed by atoms with Crippen molar-refractivity contribution in [2.45, 2.75) is 6.92 Å². The molecule has 0 saturated carbocycles. The maximum absolute atomic E-state index is 12.5. The number of hydrogen-bond acceptors (Lipinski definition) is 6. The zero-order chi connectivity index (χ0) is 19.6. The van der Waals surface area contributed by atoms with Gasteiger partial charge in [-0.1, -0.05) is 11.6 Å². The second-order valence-electron chi connectivity index (χ2n) is 5.63. The molecule has 0 unspecified atom stereocenters.